The summed E-state index contributed by atoms with van der Waals surface area (Å²) in [5.41, 5.74) is 1.91. The van der Waals surface area contributed by atoms with Gasteiger partial charge in [0, 0.05) is 23.0 Å². The maximum Gasteiger partial charge on any atom is 0.255 e. The fraction of sp³-hybridized carbons (Fsp3) is 0.391. The number of rotatable bonds is 8. The van der Waals surface area contributed by atoms with Gasteiger partial charge in [0.2, 0.25) is 5.91 Å². The molecule has 6 nitrogen and oxygen atoms in total. The fourth-order valence-electron chi connectivity index (χ4n) is 3.61. The lowest BCUT2D eigenvalue weighted by atomic mass is 10.2. The number of amides is 2. The Morgan fingerprint density at radius 1 is 0.966 bits per heavy atom. The van der Waals surface area contributed by atoms with Gasteiger partial charge in [-0.3, -0.25) is 14.5 Å². The highest BCUT2D eigenvalue weighted by Crippen LogP contribution is 2.22. The van der Waals surface area contributed by atoms with Gasteiger partial charge < -0.3 is 15.4 Å². The van der Waals surface area contributed by atoms with E-state index >= 15 is 0 Å². The van der Waals surface area contributed by atoms with Crippen LogP contribution < -0.4 is 15.4 Å². The van der Waals surface area contributed by atoms with Crippen LogP contribution in [0.3, 0.4) is 0 Å². The number of nitrogens with one attached hydrogen (secondary N) is 2. The minimum Gasteiger partial charge on any atom is -0.494 e. The molecule has 1 aliphatic carbocycles. The zero-order valence-corrected chi connectivity index (χ0v) is 17.1. The summed E-state index contributed by atoms with van der Waals surface area (Å²) < 4.78 is 5.40. The second-order valence-electron chi connectivity index (χ2n) is 7.39. The molecular formula is C23H29N3O3. The largest absolute Gasteiger partial charge is 0.494 e. The van der Waals surface area contributed by atoms with Crippen LogP contribution in [0.4, 0.5) is 11.4 Å². The number of likely N-dealkylation sites (N-methyl/N-ethyl adjacent to an activating group) is 1. The number of carbonyl (C=O) groups excluding carboxylic acids is 2. The predicted octanol–water partition coefficient (Wildman–Crippen LogP) is 4.15. The fourth-order valence-corrected chi connectivity index (χ4v) is 3.61. The molecule has 1 saturated carbocycles. The number of anilines is 2. The van der Waals surface area contributed by atoms with Crippen molar-refractivity contribution in [3.63, 3.8) is 0 Å². The highest BCUT2D eigenvalue weighted by atomic mass is 16.5. The second kappa shape index (κ2) is 10.1. The quantitative estimate of drug-likeness (QED) is 0.704. The van der Waals surface area contributed by atoms with Crippen LogP contribution >= 0.6 is 0 Å². The van der Waals surface area contributed by atoms with Gasteiger partial charge in [-0.05, 0) is 75.3 Å². The van der Waals surface area contributed by atoms with Crippen LogP contribution in [0.2, 0.25) is 0 Å². The van der Waals surface area contributed by atoms with Gasteiger partial charge in [-0.25, -0.2) is 0 Å². The van der Waals surface area contributed by atoms with Crippen molar-refractivity contribution in [1.82, 2.24) is 4.90 Å². The Bertz CT molecular complexity index is 812. The van der Waals surface area contributed by atoms with Gasteiger partial charge in [0.1, 0.15) is 5.75 Å². The minimum atomic E-state index is -0.201. The summed E-state index contributed by atoms with van der Waals surface area (Å²) in [5.74, 6) is 0.531. The monoisotopic (exact) mass is 395 g/mol. The first-order chi connectivity index (χ1) is 14.0. The topological polar surface area (TPSA) is 70.7 Å². The van der Waals surface area contributed by atoms with Gasteiger partial charge in [-0.2, -0.15) is 0 Å². The zero-order chi connectivity index (χ0) is 20.6. The first kappa shape index (κ1) is 20.9. The molecule has 154 valence electrons. The zero-order valence-electron chi connectivity index (χ0n) is 17.1. The summed E-state index contributed by atoms with van der Waals surface area (Å²) in [4.78, 5) is 26.8. The molecule has 1 fully saturated rings. The number of hydrogen-bond acceptors (Lipinski definition) is 4. The van der Waals surface area contributed by atoms with Crippen LogP contribution in [0, 0.1) is 0 Å². The van der Waals surface area contributed by atoms with Gasteiger partial charge in [0.05, 0.1) is 13.2 Å². The van der Waals surface area contributed by atoms with Crippen molar-refractivity contribution in [1.29, 1.82) is 0 Å². The SMILES string of the molecule is CCOc1ccc(NC(=O)c2ccc(NC(=O)CN(C)C3CCCC3)cc2)cc1. The standard InChI is InChI=1S/C23H29N3O3/c1-3-29-21-14-12-19(13-15-21)25-23(28)17-8-10-18(11-9-17)24-22(27)16-26(2)20-6-4-5-7-20/h8-15,20H,3-7,16H2,1-2H3,(H,24,27)(H,25,28). The Balaban J connectivity index is 1.50. The normalized spacial score (nSPS) is 14.0. The van der Waals surface area contributed by atoms with Crippen molar-refractivity contribution >= 4 is 23.2 Å². The summed E-state index contributed by atoms with van der Waals surface area (Å²) in [6, 6.07) is 14.7. The number of ether oxygens (including phenoxy) is 1. The van der Waals surface area contributed by atoms with Crippen molar-refractivity contribution in [3.05, 3.63) is 54.1 Å². The summed E-state index contributed by atoms with van der Waals surface area (Å²) in [6.07, 6.45) is 4.83. The summed E-state index contributed by atoms with van der Waals surface area (Å²) >= 11 is 0. The lowest BCUT2D eigenvalue weighted by Crippen LogP contribution is -2.36. The molecule has 0 aromatic heterocycles. The maximum absolute atomic E-state index is 12.4. The summed E-state index contributed by atoms with van der Waals surface area (Å²) in [5, 5.41) is 5.76. The molecule has 2 N–H and O–H groups in total. The molecule has 2 aromatic carbocycles. The van der Waals surface area contributed by atoms with Crippen LogP contribution in [0.15, 0.2) is 48.5 Å². The average molecular weight is 396 g/mol. The van der Waals surface area contributed by atoms with Crippen LogP contribution in [0.25, 0.3) is 0 Å². The number of benzene rings is 2. The molecule has 3 rings (SSSR count). The highest BCUT2D eigenvalue weighted by molar-refractivity contribution is 6.04. The molecule has 0 spiro atoms. The van der Waals surface area contributed by atoms with Crippen molar-refractivity contribution in [2.24, 2.45) is 0 Å². The van der Waals surface area contributed by atoms with E-state index in [-0.39, 0.29) is 11.8 Å². The van der Waals surface area contributed by atoms with E-state index in [9.17, 15) is 9.59 Å². The lowest BCUT2D eigenvalue weighted by molar-refractivity contribution is -0.117. The van der Waals surface area contributed by atoms with Crippen molar-refractivity contribution in [2.75, 3.05) is 30.8 Å². The van der Waals surface area contributed by atoms with E-state index in [2.05, 4.69) is 15.5 Å². The van der Waals surface area contributed by atoms with Crippen molar-refractivity contribution in [2.45, 2.75) is 38.6 Å². The summed E-state index contributed by atoms with van der Waals surface area (Å²) in [7, 11) is 2.00. The Morgan fingerprint density at radius 3 is 2.17 bits per heavy atom. The highest BCUT2D eigenvalue weighted by Gasteiger charge is 2.21. The molecule has 2 amide bonds. The number of nitrogens with zero attached hydrogens (tertiary/aromatic N) is 1. The van der Waals surface area contributed by atoms with E-state index in [0.717, 1.165) is 5.75 Å². The smallest absolute Gasteiger partial charge is 0.255 e. The molecule has 29 heavy (non-hydrogen) atoms. The van der Waals surface area contributed by atoms with Gasteiger partial charge in [0.15, 0.2) is 0 Å². The Labute approximate surface area is 172 Å². The molecule has 0 aliphatic heterocycles. The van der Waals surface area contributed by atoms with Crippen molar-refractivity contribution < 1.29 is 14.3 Å². The Morgan fingerprint density at radius 2 is 1.55 bits per heavy atom. The second-order valence-corrected chi connectivity index (χ2v) is 7.39. The van der Waals surface area contributed by atoms with E-state index in [1.165, 1.54) is 25.7 Å². The molecule has 0 saturated heterocycles. The molecule has 0 unspecified atom stereocenters. The average Bonchev–Trinajstić information content (AvgIpc) is 3.25. The maximum atomic E-state index is 12.4. The van der Waals surface area contributed by atoms with Gasteiger partial charge in [0.25, 0.3) is 5.91 Å². The molecule has 0 atom stereocenters. The first-order valence-electron chi connectivity index (χ1n) is 10.2. The number of hydrogen-bond donors (Lipinski definition) is 2. The third kappa shape index (κ3) is 6.06. The van der Waals surface area contributed by atoms with Crippen LogP contribution in [-0.2, 0) is 4.79 Å². The van der Waals surface area contributed by atoms with E-state index in [4.69, 9.17) is 4.74 Å². The van der Waals surface area contributed by atoms with E-state index in [0.29, 0.717) is 36.1 Å². The van der Waals surface area contributed by atoms with Gasteiger partial charge in [-0.15, -0.1) is 0 Å². The van der Waals surface area contributed by atoms with Crippen LogP contribution in [0.1, 0.15) is 43.0 Å². The molecule has 0 heterocycles. The Hall–Kier alpha value is -2.86. The van der Waals surface area contributed by atoms with Crippen molar-refractivity contribution in [3.8, 4) is 5.75 Å². The minimum absolute atomic E-state index is 0.0361. The van der Waals surface area contributed by atoms with Gasteiger partial charge >= 0.3 is 0 Å². The molecular weight excluding hydrogens is 366 g/mol. The Kier molecular flexibility index (Phi) is 7.25. The first-order valence-corrected chi connectivity index (χ1v) is 10.2. The van der Waals surface area contributed by atoms with E-state index in [1.54, 1.807) is 36.4 Å². The van der Waals surface area contributed by atoms with Crippen LogP contribution in [-0.4, -0.2) is 43.0 Å². The molecule has 6 heteroatoms. The van der Waals surface area contributed by atoms with Crippen LogP contribution in [0.5, 0.6) is 5.75 Å². The van der Waals surface area contributed by atoms with E-state index < -0.39 is 0 Å². The lowest BCUT2D eigenvalue weighted by Gasteiger charge is -2.23. The molecule has 1 aliphatic rings. The third-order valence-corrected chi connectivity index (χ3v) is 5.20. The molecule has 2 aromatic rings. The predicted molar refractivity (Wildman–Crippen MR) is 116 cm³/mol. The third-order valence-electron chi connectivity index (χ3n) is 5.20. The van der Waals surface area contributed by atoms with E-state index in [1.807, 2.05) is 26.1 Å². The number of carbonyl (C=O) groups is 2. The molecule has 0 bridgehead atoms. The summed E-state index contributed by atoms with van der Waals surface area (Å²) in [6.45, 7) is 2.91. The molecule has 0 radical (unpaired) electrons. The van der Waals surface area contributed by atoms with Gasteiger partial charge in [-0.1, -0.05) is 12.8 Å².